The van der Waals surface area contributed by atoms with Gasteiger partial charge in [0.05, 0.1) is 50.7 Å². The summed E-state index contributed by atoms with van der Waals surface area (Å²) < 4.78 is 35.0. The highest BCUT2D eigenvalue weighted by atomic mass is 16.8. The Kier molecular flexibility index (Phi) is 55.9. The molecule has 14 N–H and O–H groups in total. The number of carbonyl (C=O) groups is 3. The number of unbranched alkanes of at least 4 members (excludes halogenated alkanes) is 43. The van der Waals surface area contributed by atoms with Crippen molar-refractivity contribution in [2.75, 3.05) is 26.4 Å². The molecule has 18 unspecified atom stereocenters. The lowest BCUT2D eigenvalue weighted by Crippen LogP contribution is -2.70. The Morgan fingerprint density at radius 1 is 0.495 bits per heavy atom. The summed E-state index contributed by atoms with van der Waals surface area (Å²) in [5, 5.41) is 137. The van der Waals surface area contributed by atoms with Gasteiger partial charge in [-0.2, -0.15) is 0 Å². The lowest BCUT2D eigenvalue weighted by Gasteiger charge is -2.50. The average Bonchev–Trinajstić information content (AvgIpc) is 0.755. The largest absolute Gasteiger partial charge is 0.477 e. The number of aliphatic carboxylic acids is 1. The van der Waals surface area contributed by atoms with E-state index in [0.29, 0.717) is 19.3 Å². The van der Waals surface area contributed by atoms with Crippen LogP contribution >= 0.6 is 0 Å². The average molecular weight is 1500 g/mol. The summed E-state index contributed by atoms with van der Waals surface area (Å²) in [4.78, 5) is 38.7. The van der Waals surface area contributed by atoms with Crippen molar-refractivity contribution >= 4 is 17.8 Å². The van der Waals surface area contributed by atoms with E-state index in [9.17, 15) is 75.7 Å². The molecule has 0 aromatic carbocycles. The highest BCUT2D eigenvalue weighted by Gasteiger charge is 2.60. The number of carboxylic acids is 1. The number of amides is 2. The van der Waals surface area contributed by atoms with E-state index in [2.05, 4.69) is 48.8 Å². The van der Waals surface area contributed by atoms with Crippen molar-refractivity contribution in [1.82, 2.24) is 10.6 Å². The molecular weight excluding hydrogens is 1350 g/mol. The molecule has 3 rings (SSSR count). The molecular formula is C82H152N2O21. The first-order valence-electron chi connectivity index (χ1n) is 42.2. The molecule has 0 aromatic rings. The van der Waals surface area contributed by atoms with Crippen molar-refractivity contribution in [1.29, 1.82) is 0 Å². The molecule has 0 radical (unpaired) electrons. The van der Waals surface area contributed by atoms with E-state index < -0.39 is 148 Å². The molecule has 0 aromatic heterocycles. The second kappa shape index (κ2) is 60.9. The van der Waals surface area contributed by atoms with Gasteiger partial charge in [-0.1, -0.05) is 301 Å². The summed E-state index contributed by atoms with van der Waals surface area (Å²) in [5.41, 5.74) is 0. The maximum absolute atomic E-state index is 13.6. The van der Waals surface area contributed by atoms with Gasteiger partial charge < -0.3 is 100 Å². The third-order valence-electron chi connectivity index (χ3n) is 21.4. The number of nitrogens with one attached hydrogen (secondary N) is 2. The molecule has 0 bridgehead atoms. The van der Waals surface area contributed by atoms with Crippen LogP contribution < -0.4 is 10.6 Å². The molecule has 0 saturated carbocycles. The standard InChI is InChI=1S/C82H152N2O21/c1-4-6-8-10-12-14-16-18-20-22-24-26-27-28-29-30-31-32-33-34-35-36-38-40-42-44-46-48-50-52-54-56-69(92)84-63(64(89)55-53-51-49-47-45-43-41-39-37-25-23-21-19-17-15-13-11-9-7-5-2)61-100-79-74(96)73(95)76(68(60-87)102-79)103-80-75(97)78(72(94)67(59-86)101-80)105-82(81(98)99)57-65(90)70(83-62(3)88)77(104-82)71(93)66(91)58-85/h24,26,28-29,63-68,70-80,85-87,89-91,93-97H,4-23,25,27,30-61H2,1-3H3,(H,83,88)(H,84,92)(H,98,99)/b26-24-,29-28-. The summed E-state index contributed by atoms with van der Waals surface area (Å²) >= 11 is 0. The number of hydrogen-bond acceptors (Lipinski definition) is 20. The Morgan fingerprint density at radius 3 is 1.33 bits per heavy atom. The summed E-state index contributed by atoms with van der Waals surface area (Å²) in [7, 11) is 0. The predicted molar refractivity (Wildman–Crippen MR) is 408 cm³/mol. The molecule has 3 heterocycles. The van der Waals surface area contributed by atoms with Gasteiger partial charge in [0.2, 0.25) is 11.8 Å². The fraction of sp³-hybridized carbons (Fsp3) is 0.915. The summed E-state index contributed by atoms with van der Waals surface area (Å²) in [6.07, 6.45) is 38.9. The molecule has 3 fully saturated rings. The van der Waals surface area contributed by atoms with E-state index in [1.165, 1.54) is 231 Å². The molecule has 3 aliphatic heterocycles. The second-order valence-electron chi connectivity index (χ2n) is 30.7. The molecule has 3 saturated heterocycles. The molecule has 2 amide bonds. The van der Waals surface area contributed by atoms with Crippen LogP contribution in [-0.4, -0.2) is 215 Å². The molecule has 3 aliphatic rings. The Labute approximate surface area is 632 Å². The summed E-state index contributed by atoms with van der Waals surface area (Å²) in [5.74, 6) is -6.09. The molecule has 23 heteroatoms. The van der Waals surface area contributed by atoms with Crippen LogP contribution in [0.2, 0.25) is 0 Å². The minimum absolute atomic E-state index is 0.225. The zero-order chi connectivity index (χ0) is 76.7. The number of rotatable bonds is 67. The number of carboxylic acid groups (broad SMARTS) is 1. The predicted octanol–water partition coefficient (Wildman–Crippen LogP) is 11.9. The molecule has 616 valence electrons. The molecule has 105 heavy (non-hydrogen) atoms. The maximum atomic E-state index is 13.6. The van der Waals surface area contributed by atoms with Crippen molar-refractivity contribution in [3.05, 3.63) is 24.3 Å². The van der Waals surface area contributed by atoms with Crippen molar-refractivity contribution < 1.29 is 104 Å². The van der Waals surface area contributed by atoms with Crippen LogP contribution in [0.4, 0.5) is 0 Å². The number of carbonyl (C=O) groups excluding carboxylic acids is 2. The van der Waals surface area contributed by atoms with Gasteiger partial charge in [-0.3, -0.25) is 9.59 Å². The lowest BCUT2D eigenvalue weighted by molar-refractivity contribution is -0.386. The normalized spacial score (nSPS) is 26.3. The summed E-state index contributed by atoms with van der Waals surface area (Å²) in [6, 6.07) is -2.53. The third-order valence-corrected chi connectivity index (χ3v) is 21.4. The molecule has 0 spiro atoms. The number of hydrogen-bond donors (Lipinski definition) is 14. The first-order valence-corrected chi connectivity index (χ1v) is 42.2. The smallest absolute Gasteiger partial charge is 0.364 e. The van der Waals surface area contributed by atoms with Crippen LogP contribution in [0, 0.1) is 0 Å². The zero-order valence-electron chi connectivity index (χ0n) is 65.3. The fourth-order valence-electron chi connectivity index (χ4n) is 14.7. The number of ether oxygens (including phenoxy) is 6. The molecule has 0 aliphatic carbocycles. The van der Waals surface area contributed by atoms with E-state index in [1.54, 1.807) is 0 Å². The van der Waals surface area contributed by atoms with Crippen LogP contribution in [0.5, 0.6) is 0 Å². The van der Waals surface area contributed by atoms with E-state index in [1.807, 2.05) is 0 Å². The van der Waals surface area contributed by atoms with Gasteiger partial charge in [-0.15, -0.1) is 0 Å². The van der Waals surface area contributed by atoms with E-state index in [4.69, 9.17) is 28.4 Å². The Morgan fingerprint density at radius 2 is 0.914 bits per heavy atom. The lowest BCUT2D eigenvalue weighted by atomic mass is 9.88. The van der Waals surface area contributed by atoms with Gasteiger partial charge in [-0.25, -0.2) is 4.79 Å². The fourth-order valence-corrected chi connectivity index (χ4v) is 14.7. The van der Waals surface area contributed by atoms with Crippen LogP contribution in [0.25, 0.3) is 0 Å². The topological polar surface area (TPSA) is 373 Å². The van der Waals surface area contributed by atoms with Crippen molar-refractivity contribution in [2.24, 2.45) is 0 Å². The first-order chi connectivity index (χ1) is 50.9. The van der Waals surface area contributed by atoms with Crippen LogP contribution in [0.15, 0.2) is 24.3 Å². The molecule has 18 atom stereocenters. The van der Waals surface area contributed by atoms with E-state index in [0.717, 1.165) is 64.7 Å². The van der Waals surface area contributed by atoms with Gasteiger partial charge in [0.15, 0.2) is 12.6 Å². The van der Waals surface area contributed by atoms with Crippen molar-refractivity contribution in [3.63, 3.8) is 0 Å². The van der Waals surface area contributed by atoms with Crippen molar-refractivity contribution in [2.45, 2.75) is 452 Å². The van der Waals surface area contributed by atoms with Gasteiger partial charge in [0.1, 0.15) is 67.1 Å². The second-order valence-corrected chi connectivity index (χ2v) is 30.7. The van der Waals surface area contributed by atoms with Gasteiger partial charge in [-0.05, 0) is 44.9 Å². The number of allylic oxidation sites excluding steroid dienone is 4. The Bertz CT molecular complexity index is 2180. The van der Waals surface area contributed by atoms with Gasteiger partial charge in [0, 0.05) is 19.8 Å². The molecule has 23 nitrogen and oxygen atoms in total. The van der Waals surface area contributed by atoms with E-state index in [-0.39, 0.29) is 18.9 Å². The third kappa shape index (κ3) is 40.8. The van der Waals surface area contributed by atoms with E-state index >= 15 is 0 Å². The van der Waals surface area contributed by atoms with Crippen LogP contribution in [0.3, 0.4) is 0 Å². The van der Waals surface area contributed by atoms with Crippen LogP contribution in [-0.2, 0) is 42.8 Å². The number of aliphatic hydroxyl groups is 11. The minimum atomic E-state index is -3.08. The van der Waals surface area contributed by atoms with Crippen molar-refractivity contribution in [3.8, 4) is 0 Å². The summed E-state index contributed by atoms with van der Waals surface area (Å²) in [6.45, 7) is 2.26. The minimum Gasteiger partial charge on any atom is -0.477 e. The van der Waals surface area contributed by atoms with Crippen LogP contribution in [0.1, 0.15) is 342 Å². The highest BCUT2D eigenvalue weighted by molar-refractivity contribution is 5.77. The highest BCUT2D eigenvalue weighted by Crippen LogP contribution is 2.39. The number of aliphatic hydroxyl groups excluding tert-OH is 11. The SMILES string of the molecule is CCCCCCCCCCC/C=C\C/C=C\CCCCCCCCCCCCCCCCCC(=O)NC(COC1OC(CO)C(OC2OC(CO)C(O)C(OC3(C(=O)O)CC(O)C(NC(C)=O)C(C(O)C(O)CO)O3)C2O)C(O)C1O)C(O)CCCCCCCCCCCCCCCCCCCCCC. The quantitative estimate of drug-likeness (QED) is 0.0199. The van der Waals surface area contributed by atoms with Gasteiger partial charge >= 0.3 is 5.97 Å². The zero-order valence-corrected chi connectivity index (χ0v) is 65.3. The Hall–Kier alpha value is -2.79. The van der Waals surface area contributed by atoms with Gasteiger partial charge in [0.25, 0.3) is 5.79 Å². The Balaban J connectivity index is 1.47. The maximum Gasteiger partial charge on any atom is 0.364 e. The first kappa shape index (κ1) is 96.4. The monoisotopic (exact) mass is 1500 g/mol.